The number of carbonyl (C=O) groups is 1. The lowest BCUT2D eigenvalue weighted by molar-refractivity contribution is 0.0642. The van der Waals surface area contributed by atoms with Crippen LogP contribution in [0.25, 0.3) is 0 Å². The fourth-order valence-corrected chi connectivity index (χ4v) is 2.74. The van der Waals surface area contributed by atoms with E-state index in [1.165, 1.54) is 0 Å². The van der Waals surface area contributed by atoms with Crippen LogP contribution in [0.3, 0.4) is 0 Å². The molecule has 1 N–H and O–H groups in total. The Morgan fingerprint density at radius 2 is 1.75 bits per heavy atom. The lowest BCUT2D eigenvalue weighted by Crippen LogP contribution is -2.48. The molecular formula is C17H20ClN5O. The lowest BCUT2D eigenvalue weighted by Gasteiger charge is -2.33. The molecule has 24 heavy (non-hydrogen) atoms. The van der Waals surface area contributed by atoms with Crippen molar-refractivity contribution in [2.24, 2.45) is 0 Å². The zero-order valence-electron chi connectivity index (χ0n) is 13.6. The fourth-order valence-electron chi connectivity index (χ4n) is 2.62. The van der Waals surface area contributed by atoms with Gasteiger partial charge in [-0.2, -0.15) is 0 Å². The molecule has 0 spiro atoms. The van der Waals surface area contributed by atoms with Crippen molar-refractivity contribution in [3.63, 3.8) is 0 Å². The van der Waals surface area contributed by atoms with E-state index in [2.05, 4.69) is 27.1 Å². The van der Waals surface area contributed by atoms with Gasteiger partial charge in [0.15, 0.2) is 0 Å². The molecule has 1 aromatic carbocycles. The molecule has 7 heteroatoms. The van der Waals surface area contributed by atoms with Crippen molar-refractivity contribution < 1.29 is 4.79 Å². The standard InChI is InChI=1S/C17H20ClN5O/c1-2-22-7-9-23(10-8-22)16(24)13-11-19-17(20-12-13)21-15-5-3-14(18)4-6-15/h3-6,11-12H,2,7-10H2,1H3,(H,19,20,21). The number of carbonyl (C=O) groups excluding carboxylic acids is 1. The van der Waals surface area contributed by atoms with Crippen molar-refractivity contribution in [2.75, 3.05) is 38.0 Å². The van der Waals surface area contributed by atoms with Crippen molar-refractivity contribution >= 4 is 29.1 Å². The molecule has 0 aliphatic carbocycles. The van der Waals surface area contributed by atoms with Gasteiger partial charge in [0, 0.05) is 49.3 Å². The molecule has 6 nitrogen and oxygen atoms in total. The number of piperazine rings is 1. The van der Waals surface area contributed by atoms with Gasteiger partial charge in [-0.1, -0.05) is 18.5 Å². The molecule has 1 aliphatic rings. The van der Waals surface area contributed by atoms with Crippen molar-refractivity contribution in [2.45, 2.75) is 6.92 Å². The van der Waals surface area contributed by atoms with Gasteiger partial charge in [0.1, 0.15) is 0 Å². The predicted octanol–water partition coefficient (Wildman–Crippen LogP) is 2.65. The van der Waals surface area contributed by atoms with E-state index in [1.54, 1.807) is 24.5 Å². The molecule has 3 rings (SSSR count). The number of likely N-dealkylation sites (N-methyl/N-ethyl adjacent to an activating group) is 1. The van der Waals surface area contributed by atoms with Crippen molar-refractivity contribution in [3.8, 4) is 0 Å². The van der Waals surface area contributed by atoms with E-state index in [4.69, 9.17) is 11.6 Å². The monoisotopic (exact) mass is 345 g/mol. The van der Waals surface area contributed by atoms with Crippen molar-refractivity contribution in [1.29, 1.82) is 0 Å². The van der Waals surface area contributed by atoms with Gasteiger partial charge in [0.05, 0.1) is 5.56 Å². The Labute approximate surface area is 146 Å². The minimum atomic E-state index is -0.0104. The molecule has 1 saturated heterocycles. The number of benzene rings is 1. The second-order valence-electron chi connectivity index (χ2n) is 5.65. The maximum absolute atomic E-state index is 12.5. The molecule has 0 atom stereocenters. The first-order chi connectivity index (χ1) is 11.7. The molecule has 1 aromatic heterocycles. The molecule has 0 saturated carbocycles. The quantitative estimate of drug-likeness (QED) is 0.923. The topological polar surface area (TPSA) is 61.4 Å². The number of rotatable bonds is 4. The van der Waals surface area contributed by atoms with Crippen LogP contribution in [0.1, 0.15) is 17.3 Å². The number of hydrogen-bond acceptors (Lipinski definition) is 5. The smallest absolute Gasteiger partial charge is 0.257 e. The summed E-state index contributed by atoms with van der Waals surface area (Å²) in [4.78, 5) is 25.1. The Morgan fingerprint density at radius 1 is 1.12 bits per heavy atom. The first-order valence-electron chi connectivity index (χ1n) is 8.02. The van der Waals surface area contributed by atoms with Crippen LogP contribution in [0.4, 0.5) is 11.6 Å². The number of nitrogens with one attached hydrogen (secondary N) is 1. The van der Waals surface area contributed by atoms with Crippen LogP contribution in [0.15, 0.2) is 36.7 Å². The minimum absolute atomic E-state index is 0.0104. The molecule has 126 valence electrons. The van der Waals surface area contributed by atoms with Crippen LogP contribution >= 0.6 is 11.6 Å². The average molecular weight is 346 g/mol. The summed E-state index contributed by atoms with van der Waals surface area (Å²) in [6.45, 7) is 6.49. The number of hydrogen-bond donors (Lipinski definition) is 1. The van der Waals surface area contributed by atoms with Gasteiger partial charge in [-0.25, -0.2) is 9.97 Å². The molecule has 2 aromatic rings. The van der Waals surface area contributed by atoms with E-state index in [-0.39, 0.29) is 5.91 Å². The van der Waals surface area contributed by atoms with E-state index in [1.807, 2.05) is 17.0 Å². The summed E-state index contributed by atoms with van der Waals surface area (Å²) in [7, 11) is 0. The maximum atomic E-state index is 12.5. The summed E-state index contributed by atoms with van der Waals surface area (Å²) in [5.41, 5.74) is 1.36. The minimum Gasteiger partial charge on any atom is -0.336 e. The third-order valence-electron chi connectivity index (χ3n) is 4.11. The molecule has 0 radical (unpaired) electrons. The summed E-state index contributed by atoms with van der Waals surface area (Å²) in [6, 6.07) is 7.27. The van der Waals surface area contributed by atoms with Gasteiger partial charge in [0.2, 0.25) is 5.95 Å². The molecular weight excluding hydrogens is 326 g/mol. The highest BCUT2D eigenvalue weighted by Crippen LogP contribution is 2.16. The van der Waals surface area contributed by atoms with E-state index < -0.39 is 0 Å². The van der Waals surface area contributed by atoms with E-state index in [0.29, 0.717) is 16.5 Å². The van der Waals surface area contributed by atoms with Gasteiger partial charge in [-0.05, 0) is 30.8 Å². The highest BCUT2D eigenvalue weighted by Gasteiger charge is 2.21. The summed E-state index contributed by atoms with van der Waals surface area (Å²) < 4.78 is 0. The number of anilines is 2. The van der Waals surface area contributed by atoms with Gasteiger partial charge >= 0.3 is 0 Å². The molecule has 0 unspecified atom stereocenters. The molecule has 0 bridgehead atoms. The van der Waals surface area contributed by atoms with Gasteiger partial charge < -0.3 is 15.1 Å². The van der Waals surface area contributed by atoms with Crippen LogP contribution in [0, 0.1) is 0 Å². The zero-order chi connectivity index (χ0) is 16.9. The SMILES string of the molecule is CCN1CCN(C(=O)c2cnc(Nc3ccc(Cl)cc3)nc2)CC1. The van der Waals surface area contributed by atoms with Gasteiger partial charge in [0.25, 0.3) is 5.91 Å². The maximum Gasteiger partial charge on any atom is 0.257 e. The van der Waals surface area contributed by atoms with Crippen LogP contribution < -0.4 is 5.32 Å². The Balaban J connectivity index is 1.61. The van der Waals surface area contributed by atoms with Crippen LogP contribution in [-0.4, -0.2) is 58.4 Å². The van der Waals surface area contributed by atoms with Gasteiger partial charge in [-0.3, -0.25) is 4.79 Å². The molecule has 1 amide bonds. The summed E-state index contributed by atoms with van der Waals surface area (Å²) in [6.07, 6.45) is 3.14. The van der Waals surface area contributed by atoms with Crippen LogP contribution in [-0.2, 0) is 0 Å². The molecule has 1 fully saturated rings. The predicted molar refractivity (Wildman–Crippen MR) is 94.8 cm³/mol. The Kier molecular flexibility index (Phi) is 5.27. The van der Waals surface area contributed by atoms with Crippen LogP contribution in [0.2, 0.25) is 5.02 Å². The number of aromatic nitrogens is 2. The normalized spacial score (nSPS) is 15.3. The number of halogens is 1. The second kappa shape index (κ2) is 7.59. The fraction of sp³-hybridized carbons (Fsp3) is 0.353. The first-order valence-corrected chi connectivity index (χ1v) is 8.40. The average Bonchev–Trinajstić information content (AvgIpc) is 2.64. The van der Waals surface area contributed by atoms with Crippen LogP contribution in [0.5, 0.6) is 0 Å². The Bertz CT molecular complexity index is 681. The summed E-state index contributed by atoms with van der Waals surface area (Å²) in [5.74, 6) is 0.438. The zero-order valence-corrected chi connectivity index (χ0v) is 14.3. The Morgan fingerprint density at radius 3 is 2.33 bits per heavy atom. The van der Waals surface area contributed by atoms with Crippen molar-refractivity contribution in [1.82, 2.24) is 19.8 Å². The largest absolute Gasteiger partial charge is 0.336 e. The lowest BCUT2D eigenvalue weighted by atomic mass is 10.2. The first kappa shape index (κ1) is 16.7. The van der Waals surface area contributed by atoms with E-state index >= 15 is 0 Å². The number of nitrogens with zero attached hydrogens (tertiary/aromatic N) is 4. The highest BCUT2D eigenvalue weighted by molar-refractivity contribution is 6.30. The van der Waals surface area contributed by atoms with E-state index in [9.17, 15) is 4.79 Å². The molecule has 1 aliphatic heterocycles. The van der Waals surface area contributed by atoms with E-state index in [0.717, 1.165) is 38.4 Å². The third-order valence-corrected chi connectivity index (χ3v) is 4.36. The molecule has 2 heterocycles. The number of amides is 1. The van der Waals surface area contributed by atoms with Crippen molar-refractivity contribution in [3.05, 3.63) is 47.2 Å². The second-order valence-corrected chi connectivity index (χ2v) is 6.09. The Hall–Kier alpha value is -2.18. The third kappa shape index (κ3) is 4.01. The highest BCUT2D eigenvalue weighted by atomic mass is 35.5. The van der Waals surface area contributed by atoms with Gasteiger partial charge in [-0.15, -0.1) is 0 Å². The summed E-state index contributed by atoms with van der Waals surface area (Å²) in [5, 5.41) is 3.75. The summed E-state index contributed by atoms with van der Waals surface area (Å²) >= 11 is 5.86.